The molecule has 0 amide bonds. The molecule has 2 atom stereocenters. The van der Waals surface area contributed by atoms with Crippen LogP contribution in [0.25, 0.3) is 0 Å². The van der Waals surface area contributed by atoms with Crippen molar-refractivity contribution >= 4 is 15.8 Å². The summed E-state index contributed by atoms with van der Waals surface area (Å²) in [5.41, 5.74) is 0. The van der Waals surface area contributed by atoms with Gasteiger partial charge in [-0.25, -0.2) is 23.1 Å². The molecule has 1 aromatic heterocycles. The molecule has 1 aliphatic heterocycles. The minimum Gasteiger partial charge on any atom is -0.380 e. The number of nitrogens with one attached hydrogen (secondary N) is 1. The van der Waals surface area contributed by atoms with E-state index in [4.69, 9.17) is 4.74 Å². The number of sulfonamides is 1. The second-order valence-corrected chi connectivity index (χ2v) is 6.42. The van der Waals surface area contributed by atoms with Crippen molar-refractivity contribution in [2.24, 2.45) is 0 Å². The first-order valence-electron chi connectivity index (χ1n) is 5.99. The number of aromatic nitrogens is 2. The van der Waals surface area contributed by atoms with Crippen molar-refractivity contribution in [3.05, 3.63) is 18.6 Å². The van der Waals surface area contributed by atoms with Crippen molar-refractivity contribution in [3.63, 3.8) is 0 Å². The minimum atomic E-state index is -3.19. The molecule has 0 radical (unpaired) electrons. The van der Waals surface area contributed by atoms with Crippen LogP contribution in [-0.4, -0.2) is 57.0 Å². The highest BCUT2D eigenvalue weighted by atomic mass is 32.2. The average Bonchev–Trinajstić information content (AvgIpc) is 2.80. The summed E-state index contributed by atoms with van der Waals surface area (Å²) in [6, 6.07) is 1.85. The molecule has 8 heteroatoms. The highest BCUT2D eigenvalue weighted by molar-refractivity contribution is 7.88. The van der Waals surface area contributed by atoms with Gasteiger partial charge in [-0.1, -0.05) is 0 Å². The van der Waals surface area contributed by atoms with Gasteiger partial charge in [0, 0.05) is 32.4 Å². The number of hydrogen-bond acceptors (Lipinski definition) is 6. The second-order valence-electron chi connectivity index (χ2n) is 4.59. The Morgan fingerprint density at radius 1 is 1.58 bits per heavy atom. The first-order valence-corrected chi connectivity index (χ1v) is 7.89. The molecule has 0 unspecified atom stereocenters. The number of nitrogens with zero attached hydrogens (tertiary/aromatic N) is 3. The van der Waals surface area contributed by atoms with Crippen LogP contribution in [0.2, 0.25) is 0 Å². The van der Waals surface area contributed by atoms with E-state index in [2.05, 4.69) is 14.7 Å². The predicted octanol–water partition coefficient (Wildman–Crippen LogP) is -0.380. The van der Waals surface area contributed by atoms with Crippen molar-refractivity contribution in [1.82, 2.24) is 14.7 Å². The number of rotatable bonds is 5. The van der Waals surface area contributed by atoms with Crippen LogP contribution in [-0.2, 0) is 14.8 Å². The molecule has 0 aromatic carbocycles. The fourth-order valence-electron chi connectivity index (χ4n) is 2.22. The Morgan fingerprint density at radius 3 is 2.95 bits per heavy atom. The maximum atomic E-state index is 11.2. The van der Waals surface area contributed by atoms with Gasteiger partial charge >= 0.3 is 0 Å². The molecule has 1 N–H and O–H groups in total. The summed E-state index contributed by atoms with van der Waals surface area (Å²) in [6.07, 6.45) is 5.16. The van der Waals surface area contributed by atoms with Crippen LogP contribution in [0.3, 0.4) is 0 Å². The topological polar surface area (TPSA) is 84.4 Å². The third-order valence-corrected chi connectivity index (χ3v) is 3.84. The predicted molar refractivity (Wildman–Crippen MR) is 71.4 cm³/mol. The van der Waals surface area contributed by atoms with E-state index in [1.165, 1.54) is 6.33 Å². The van der Waals surface area contributed by atoms with Gasteiger partial charge < -0.3 is 9.64 Å². The monoisotopic (exact) mass is 286 g/mol. The van der Waals surface area contributed by atoms with Crippen LogP contribution >= 0.6 is 0 Å². The zero-order chi connectivity index (χ0) is 13.9. The molecule has 106 valence electrons. The van der Waals surface area contributed by atoms with Gasteiger partial charge in [0.25, 0.3) is 0 Å². The van der Waals surface area contributed by atoms with Gasteiger partial charge in [0.2, 0.25) is 10.0 Å². The molecule has 1 saturated heterocycles. The number of hydrogen-bond donors (Lipinski definition) is 1. The van der Waals surface area contributed by atoms with E-state index in [0.29, 0.717) is 13.1 Å². The standard InChI is InChI=1S/C11H18N4O3S/c1-18-10-5-9(6-14-19(2,16)17)15(7-10)11-3-4-12-8-13-11/h3-4,8-10,14H,5-7H2,1-2H3/t9-,10-/m1/s1. The zero-order valence-corrected chi connectivity index (χ0v) is 11.8. The first kappa shape index (κ1) is 14.2. The lowest BCUT2D eigenvalue weighted by Gasteiger charge is -2.25. The van der Waals surface area contributed by atoms with Crippen molar-refractivity contribution in [2.75, 3.05) is 31.4 Å². The first-order chi connectivity index (χ1) is 8.99. The van der Waals surface area contributed by atoms with Crippen LogP contribution in [0, 0.1) is 0 Å². The summed E-state index contributed by atoms with van der Waals surface area (Å²) in [5.74, 6) is 0.787. The molecule has 7 nitrogen and oxygen atoms in total. The molecule has 0 bridgehead atoms. The van der Waals surface area contributed by atoms with E-state index < -0.39 is 10.0 Å². The van der Waals surface area contributed by atoms with Gasteiger partial charge in [0.1, 0.15) is 12.1 Å². The van der Waals surface area contributed by atoms with Gasteiger partial charge in [-0.3, -0.25) is 0 Å². The van der Waals surface area contributed by atoms with Crippen molar-refractivity contribution < 1.29 is 13.2 Å². The molecular formula is C11H18N4O3S. The Morgan fingerprint density at radius 2 is 2.37 bits per heavy atom. The second kappa shape index (κ2) is 5.81. The lowest BCUT2D eigenvalue weighted by Crippen LogP contribution is -2.40. The van der Waals surface area contributed by atoms with Crippen LogP contribution < -0.4 is 9.62 Å². The summed E-state index contributed by atoms with van der Waals surface area (Å²) in [6.45, 7) is 1.05. The number of ether oxygens (including phenoxy) is 1. The summed E-state index contributed by atoms with van der Waals surface area (Å²) in [7, 11) is -1.53. The van der Waals surface area contributed by atoms with E-state index in [1.54, 1.807) is 13.3 Å². The molecule has 2 heterocycles. The van der Waals surface area contributed by atoms with Crippen LogP contribution in [0.4, 0.5) is 5.82 Å². The number of methoxy groups -OCH3 is 1. The molecule has 1 aromatic rings. The van der Waals surface area contributed by atoms with E-state index >= 15 is 0 Å². The maximum Gasteiger partial charge on any atom is 0.208 e. The Balaban J connectivity index is 2.10. The van der Waals surface area contributed by atoms with Crippen molar-refractivity contribution in [2.45, 2.75) is 18.6 Å². The maximum absolute atomic E-state index is 11.2. The van der Waals surface area contributed by atoms with E-state index in [1.807, 2.05) is 11.0 Å². The Bertz CT molecular complexity index is 508. The smallest absolute Gasteiger partial charge is 0.208 e. The summed E-state index contributed by atoms with van der Waals surface area (Å²) >= 11 is 0. The average molecular weight is 286 g/mol. The van der Waals surface area contributed by atoms with Gasteiger partial charge in [0.15, 0.2) is 0 Å². The zero-order valence-electron chi connectivity index (χ0n) is 11.0. The van der Waals surface area contributed by atoms with Crippen LogP contribution in [0.1, 0.15) is 6.42 Å². The quantitative estimate of drug-likeness (QED) is 0.794. The van der Waals surface area contributed by atoms with Gasteiger partial charge in [-0.2, -0.15) is 0 Å². The fraction of sp³-hybridized carbons (Fsp3) is 0.636. The molecule has 19 heavy (non-hydrogen) atoms. The van der Waals surface area contributed by atoms with Gasteiger partial charge in [-0.15, -0.1) is 0 Å². The van der Waals surface area contributed by atoms with E-state index in [0.717, 1.165) is 18.5 Å². The summed E-state index contributed by atoms with van der Waals surface area (Å²) < 4.78 is 30.3. The lowest BCUT2D eigenvalue weighted by atomic mass is 10.2. The Hall–Kier alpha value is -1.25. The normalized spacial score (nSPS) is 23.8. The molecule has 0 spiro atoms. The highest BCUT2D eigenvalue weighted by Crippen LogP contribution is 2.24. The molecule has 0 aliphatic carbocycles. The van der Waals surface area contributed by atoms with Gasteiger partial charge in [0.05, 0.1) is 12.4 Å². The highest BCUT2D eigenvalue weighted by Gasteiger charge is 2.33. The molecule has 1 aliphatic rings. The molecule has 0 saturated carbocycles. The third-order valence-electron chi connectivity index (χ3n) is 3.15. The Labute approximate surface area is 113 Å². The van der Waals surface area contributed by atoms with Crippen molar-refractivity contribution in [1.29, 1.82) is 0 Å². The fourth-order valence-corrected chi connectivity index (χ4v) is 2.71. The SMILES string of the molecule is CO[C@@H]1C[C@H](CNS(C)(=O)=O)N(c2ccncn2)C1. The minimum absolute atomic E-state index is 0.0366. The third kappa shape index (κ3) is 3.85. The van der Waals surface area contributed by atoms with Crippen molar-refractivity contribution in [3.8, 4) is 0 Å². The van der Waals surface area contributed by atoms with E-state index in [-0.39, 0.29) is 12.1 Å². The van der Waals surface area contributed by atoms with Crippen LogP contribution in [0.15, 0.2) is 18.6 Å². The molecular weight excluding hydrogens is 268 g/mol. The molecule has 2 rings (SSSR count). The van der Waals surface area contributed by atoms with Gasteiger partial charge in [-0.05, 0) is 12.5 Å². The Kier molecular flexibility index (Phi) is 4.33. The molecule has 1 fully saturated rings. The van der Waals surface area contributed by atoms with Crippen LogP contribution in [0.5, 0.6) is 0 Å². The summed E-state index contributed by atoms with van der Waals surface area (Å²) in [5, 5.41) is 0. The summed E-state index contributed by atoms with van der Waals surface area (Å²) in [4.78, 5) is 10.1. The largest absolute Gasteiger partial charge is 0.380 e. The number of anilines is 1. The lowest BCUT2D eigenvalue weighted by molar-refractivity contribution is 0.118. The van der Waals surface area contributed by atoms with E-state index in [9.17, 15) is 8.42 Å².